The maximum Gasteiger partial charge on any atom is 0.124 e. The van der Waals surface area contributed by atoms with Crippen LogP contribution in [0, 0.1) is 0 Å². The lowest BCUT2D eigenvalue weighted by Crippen LogP contribution is -2.20. The van der Waals surface area contributed by atoms with Gasteiger partial charge < -0.3 is 20.5 Å². The van der Waals surface area contributed by atoms with E-state index in [1.807, 2.05) is 13.1 Å². The highest BCUT2D eigenvalue weighted by atomic mass is 16.3. The fourth-order valence-corrected chi connectivity index (χ4v) is 2.02. The summed E-state index contributed by atoms with van der Waals surface area (Å²) in [5.41, 5.74) is 0.788. The number of nitrogens with one attached hydrogen (secondary N) is 2. The molecule has 0 spiro atoms. The number of phenols is 2. The SMILES string of the molecule is CC(NCCCc1ncc[nH]1)c1ccc(O)cc1O. The lowest BCUT2D eigenvalue weighted by molar-refractivity contribution is 0.435. The average Bonchev–Trinajstić information content (AvgIpc) is 2.87. The van der Waals surface area contributed by atoms with Crippen LogP contribution in [0.15, 0.2) is 30.6 Å². The molecule has 1 aromatic heterocycles. The number of nitrogens with zero attached hydrogens (tertiary/aromatic N) is 1. The van der Waals surface area contributed by atoms with Gasteiger partial charge in [-0.15, -0.1) is 0 Å². The number of imidazole rings is 1. The monoisotopic (exact) mass is 261 g/mol. The summed E-state index contributed by atoms with van der Waals surface area (Å²) in [5, 5.41) is 22.3. The first-order chi connectivity index (χ1) is 9.16. The molecular weight excluding hydrogens is 242 g/mol. The first-order valence-corrected chi connectivity index (χ1v) is 6.40. The Morgan fingerprint density at radius 1 is 1.37 bits per heavy atom. The second kappa shape index (κ2) is 6.24. The minimum atomic E-state index is 0.0391. The van der Waals surface area contributed by atoms with E-state index in [1.54, 1.807) is 18.3 Å². The van der Waals surface area contributed by atoms with Crippen molar-refractivity contribution in [2.24, 2.45) is 0 Å². The van der Waals surface area contributed by atoms with E-state index in [0.717, 1.165) is 30.8 Å². The van der Waals surface area contributed by atoms with Gasteiger partial charge in [-0.25, -0.2) is 4.98 Å². The van der Waals surface area contributed by atoms with E-state index in [-0.39, 0.29) is 17.5 Å². The highest BCUT2D eigenvalue weighted by molar-refractivity contribution is 5.40. The molecule has 102 valence electrons. The largest absolute Gasteiger partial charge is 0.508 e. The van der Waals surface area contributed by atoms with E-state index in [0.29, 0.717) is 0 Å². The van der Waals surface area contributed by atoms with Gasteiger partial charge in [0.05, 0.1) is 0 Å². The van der Waals surface area contributed by atoms with Crippen molar-refractivity contribution in [1.29, 1.82) is 0 Å². The van der Waals surface area contributed by atoms with Crippen LogP contribution >= 0.6 is 0 Å². The van der Waals surface area contributed by atoms with E-state index < -0.39 is 0 Å². The van der Waals surface area contributed by atoms with Gasteiger partial charge in [0.1, 0.15) is 17.3 Å². The summed E-state index contributed by atoms with van der Waals surface area (Å²) in [5.74, 6) is 1.18. The molecule has 5 nitrogen and oxygen atoms in total. The fourth-order valence-electron chi connectivity index (χ4n) is 2.02. The van der Waals surface area contributed by atoms with Crippen LogP contribution in [0.3, 0.4) is 0 Å². The minimum Gasteiger partial charge on any atom is -0.508 e. The number of aromatic hydroxyl groups is 2. The third-order valence-electron chi connectivity index (χ3n) is 3.08. The molecule has 1 atom stereocenters. The van der Waals surface area contributed by atoms with Crippen molar-refractivity contribution in [3.63, 3.8) is 0 Å². The number of H-pyrrole nitrogens is 1. The molecule has 0 fully saturated rings. The lowest BCUT2D eigenvalue weighted by Gasteiger charge is -2.15. The Kier molecular flexibility index (Phi) is 4.41. The highest BCUT2D eigenvalue weighted by Crippen LogP contribution is 2.27. The summed E-state index contributed by atoms with van der Waals surface area (Å²) in [6.07, 6.45) is 5.44. The minimum absolute atomic E-state index is 0.0391. The lowest BCUT2D eigenvalue weighted by atomic mass is 10.1. The van der Waals surface area contributed by atoms with Gasteiger partial charge in [-0.05, 0) is 26.0 Å². The predicted molar refractivity (Wildman–Crippen MR) is 73.1 cm³/mol. The van der Waals surface area contributed by atoms with Crippen LogP contribution in [0.1, 0.15) is 30.8 Å². The first-order valence-electron chi connectivity index (χ1n) is 6.40. The molecule has 0 aliphatic carbocycles. The van der Waals surface area contributed by atoms with Gasteiger partial charge in [0.25, 0.3) is 0 Å². The van der Waals surface area contributed by atoms with Crippen molar-refractivity contribution in [2.75, 3.05) is 6.54 Å². The van der Waals surface area contributed by atoms with Crippen LogP contribution in [0.25, 0.3) is 0 Å². The van der Waals surface area contributed by atoms with E-state index in [1.165, 1.54) is 6.07 Å². The molecule has 2 rings (SSSR count). The van der Waals surface area contributed by atoms with Gasteiger partial charge >= 0.3 is 0 Å². The number of hydrogen-bond acceptors (Lipinski definition) is 4. The molecule has 1 heterocycles. The van der Waals surface area contributed by atoms with Crippen LogP contribution < -0.4 is 5.32 Å². The summed E-state index contributed by atoms with van der Waals surface area (Å²) in [4.78, 5) is 7.23. The quantitative estimate of drug-likeness (QED) is 0.600. The summed E-state index contributed by atoms with van der Waals surface area (Å²) in [6.45, 7) is 2.82. The van der Waals surface area contributed by atoms with Crippen LogP contribution in [-0.2, 0) is 6.42 Å². The Balaban J connectivity index is 1.79. The second-order valence-electron chi connectivity index (χ2n) is 4.56. The van der Waals surface area contributed by atoms with Gasteiger partial charge in [-0.2, -0.15) is 0 Å². The Hall–Kier alpha value is -2.01. The van der Waals surface area contributed by atoms with Crippen molar-refractivity contribution in [2.45, 2.75) is 25.8 Å². The molecule has 0 aliphatic heterocycles. The number of aromatic amines is 1. The number of rotatable bonds is 6. The molecule has 0 saturated heterocycles. The smallest absolute Gasteiger partial charge is 0.124 e. The molecule has 0 bridgehead atoms. The third kappa shape index (κ3) is 3.72. The summed E-state index contributed by atoms with van der Waals surface area (Å²) < 4.78 is 0. The molecule has 1 aromatic carbocycles. The zero-order chi connectivity index (χ0) is 13.7. The van der Waals surface area contributed by atoms with Gasteiger partial charge in [0.15, 0.2) is 0 Å². The van der Waals surface area contributed by atoms with Crippen molar-refractivity contribution >= 4 is 0 Å². The number of benzene rings is 1. The molecule has 0 saturated carbocycles. The summed E-state index contributed by atoms with van der Waals surface area (Å²) in [7, 11) is 0. The number of hydrogen-bond donors (Lipinski definition) is 4. The Morgan fingerprint density at radius 3 is 2.89 bits per heavy atom. The van der Waals surface area contributed by atoms with Crippen LogP contribution in [-0.4, -0.2) is 26.7 Å². The Morgan fingerprint density at radius 2 is 2.21 bits per heavy atom. The van der Waals surface area contributed by atoms with Gasteiger partial charge in [-0.3, -0.25) is 0 Å². The number of aromatic nitrogens is 2. The molecule has 5 heteroatoms. The van der Waals surface area contributed by atoms with E-state index >= 15 is 0 Å². The van der Waals surface area contributed by atoms with E-state index in [4.69, 9.17) is 0 Å². The maximum absolute atomic E-state index is 9.75. The fraction of sp³-hybridized carbons (Fsp3) is 0.357. The molecule has 1 unspecified atom stereocenters. The molecule has 2 aromatic rings. The molecule has 19 heavy (non-hydrogen) atoms. The highest BCUT2D eigenvalue weighted by Gasteiger charge is 2.10. The third-order valence-corrected chi connectivity index (χ3v) is 3.08. The Bertz CT molecular complexity index is 511. The van der Waals surface area contributed by atoms with E-state index in [9.17, 15) is 10.2 Å². The van der Waals surface area contributed by atoms with Gasteiger partial charge in [0.2, 0.25) is 0 Å². The zero-order valence-electron chi connectivity index (χ0n) is 10.9. The molecular formula is C14H19N3O2. The van der Waals surface area contributed by atoms with Crippen LogP contribution in [0.2, 0.25) is 0 Å². The predicted octanol–water partition coefficient (Wildman–Crippen LogP) is 2.10. The van der Waals surface area contributed by atoms with Crippen molar-refractivity contribution in [3.05, 3.63) is 42.0 Å². The normalized spacial score (nSPS) is 12.5. The second-order valence-corrected chi connectivity index (χ2v) is 4.56. The number of phenolic OH excluding ortho intramolecular Hbond substituents is 2. The summed E-state index contributed by atoms with van der Waals surface area (Å²) >= 11 is 0. The zero-order valence-corrected chi connectivity index (χ0v) is 10.9. The topological polar surface area (TPSA) is 81.2 Å². The van der Waals surface area contributed by atoms with Crippen LogP contribution in [0.4, 0.5) is 0 Å². The standard InChI is InChI=1S/C14H19N3O2/c1-10(12-5-4-11(18)9-13(12)19)15-6-2-3-14-16-7-8-17-14/h4-5,7-10,15,18-19H,2-3,6H2,1H3,(H,16,17). The van der Waals surface area contributed by atoms with E-state index in [2.05, 4.69) is 15.3 Å². The van der Waals surface area contributed by atoms with Gasteiger partial charge in [-0.1, -0.05) is 6.07 Å². The average molecular weight is 261 g/mol. The van der Waals surface area contributed by atoms with Gasteiger partial charge in [0, 0.05) is 36.5 Å². The van der Waals surface area contributed by atoms with Crippen molar-refractivity contribution in [3.8, 4) is 11.5 Å². The molecule has 0 aliphatic rings. The van der Waals surface area contributed by atoms with Crippen molar-refractivity contribution in [1.82, 2.24) is 15.3 Å². The number of aryl methyl sites for hydroxylation is 1. The van der Waals surface area contributed by atoms with Crippen LogP contribution in [0.5, 0.6) is 11.5 Å². The molecule has 0 amide bonds. The molecule has 0 radical (unpaired) electrons. The maximum atomic E-state index is 9.75. The molecule has 4 N–H and O–H groups in total. The Labute approximate surface area is 112 Å². The summed E-state index contributed by atoms with van der Waals surface area (Å²) in [6, 6.07) is 4.71. The first kappa shape index (κ1) is 13.4. The van der Waals surface area contributed by atoms with Crippen molar-refractivity contribution < 1.29 is 10.2 Å².